The number of benzene rings is 1. The summed E-state index contributed by atoms with van der Waals surface area (Å²) in [4.78, 5) is 14.3. The lowest BCUT2D eigenvalue weighted by atomic mass is 9.74. The molecule has 0 saturated carbocycles. The molecule has 0 bridgehead atoms. The highest BCUT2D eigenvalue weighted by molar-refractivity contribution is 6.48. The van der Waals surface area contributed by atoms with Crippen LogP contribution in [0, 0.1) is 0 Å². The molecule has 1 aromatic carbocycles. The normalized spacial score (nSPS) is 24.4. The summed E-state index contributed by atoms with van der Waals surface area (Å²) in [5.74, 6) is -0.186. The summed E-state index contributed by atoms with van der Waals surface area (Å²) in [7, 11) is -0.459. The van der Waals surface area contributed by atoms with E-state index in [-0.39, 0.29) is 18.6 Å². The average Bonchev–Trinajstić information content (AvgIpc) is 2.81. The van der Waals surface area contributed by atoms with Crippen LogP contribution in [-0.4, -0.2) is 41.8 Å². The Labute approximate surface area is 150 Å². The first kappa shape index (κ1) is 18.0. The molecule has 1 unspecified atom stereocenters. The van der Waals surface area contributed by atoms with E-state index in [4.69, 9.17) is 14.0 Å². The number of hydrogen-bond acceptors (Lipinski definition) is 4. The lowest BCUT2D eigenvalue weighted by Crippen LogP contribution is -2.52. The average molecular weight is 343 g/mol. The standard InChI is InChI=1S/C19H26BNO4/c1-18(2)19(3,4)25-20(24-18)16-12-8-9-13-21(16)17(22)23-14-15-10-6-5-7-11-15/h5-11,16H,12-14H2,1-4H3. The fourth-order valence-corrected chi connectivity index (χ4v) is 3.00. The molecule has 25 heavy (non-hydrogen) atoms. The largest absolute Gasteiger partial charge is 0.482 e. The minimum absolute atomic E-state index is 0.186. The molecule has 0 aromatic heterocycles. The van der Waals surface area contributed by atoms with Gasteiger partial charge in [-0.2, -0.15) is 0 Å². The maximum absolute atomic E-state index is 12.6. The van der Waals surface area contributed by atoms with E-state index in [1.165, 1.54) is 0 Å². The molecule has 2 heterocycles. The molecule has 3 rings (SSSR count). The van der Waals surface area contributed by atoms with Gasteiger partial charge in [-0.25, -0.2) is 4.79 Å². The Morgan fingerprint density at radius 2 is 1.80 bits per heavy atom. The van der Waals surface area contributed by atoms with Gasteiger partial charge in [0.1, 0.15) is 6.61 Å². The van der Waals surface area contributed by atoms with Gasteiger partial charge in [-0.05, 0) is 39.7 Å². The van der Waals surface area contributed by atoms with Crippen LogP contribution in [0.25, 0.3) is 0 Å². The summed E-state index contributed by atoms with van der Waals surface area (Å²) in [5.41, 5.74) is 0.132. The van der Waals surface area contributed by atoms with Crippen molar-refractivity contribution in [3.05, 3.63) is 48.0 Å². The number of hydrogen-bond donors (Lipinski definition) is 0. The molecule has 0 spiro atoms. The molecule has 1 aromatic rings. The lowest BCUT2D eigenvalue weighted by molar-refractivity contribution is 0.00578. The second-order valence-corrected chi connectivity index (χ2v) is 7.59. The van der Waals surface area contributed by atoms with Crippen molar-refractivity contribution in [3.63, 3.8) is 0 Å². The Hall–Kier alpha value is -1.79. The van der Waals surface area contributed by atoms with Crippen LogP contribution in [0.5, 0.6) is 0 Å². The lowest BCUT2D eigenvalue weighted by Gasteiger charge is -2.33. The van der Waals surface area contributed by atoms with Crippen molar-refractivity contribution < 1.29 is 18.8 Å². The summed E-state index contributed by atoms with van der Waals surface area (Å²) in [6.07, 6.45) is 4.40. The van der Waals surface area contributed by atoms with E-state index in [2.05, 4.69) is 6.08 Å². The fraction of sp³-hybridized carbons (Fsp3) is 0.526. The molecule has 0 N–H and O–H groups in total. The van der Waals surface area contributed by atoms with E-state index in [1.54, 1.807) is 4.90 Å². The van der Waals surface area contributed by atoms with Gasteiger partial charge >= 0.3 is 13.2 Å². The van der Waals surface area contributed by atoms with E-state index in [9.17, 15) is 4.79 Å². The maximum atomic E-state index is 12.6. The van der Waals surface area contributed by atoms with Gasteiger partial charge in [0.2, 0.25) is 0 Å². The second-order valence-electron chi connectivity index (χ2n) is 7.59. The molecule has 0 aliphatic carbocycles. The van der Waals surface area contributed by atoms with Crippen LogP contribution in [0.15, 0.2) is 42.5 Å². The zero-order chi connectivity index (χ0) is 18.1. The number of nitrogens with zero attached hydrogens (tertiary/aromatic N) is 1. The van der Waals surface area contributed by atoms with Crippen LogP contribution in [0.4, 0.5) is 4.79 Å². The zero-order valence-corrected chi connectivity index (χ0v) is 15.4. The van der Waals surface area contributed by atoms with Gasteiger partial charge in [0.25, 0.3) is 0 Å². The summed E-state index contributed by atoms with van der Waals surface area (Å²) >= 11 is 0. The van der Waals surface area contributed by atoms with E-state index in [0.717, 1.165) is 5.56 Å². The molecular formula is C19H26BNO4. The van der Waals surface area contributed by atoms with Crippen LogP contribution in [0.2, 0.25) is 0 Å². The third-order valence-electron chi connectivity index (χ3n) is 5.27. The number of carbonyl (C=O) groups is 1. The smallest absolute Gasteiger partial charge is 0.445 e. The zero-order valence-electron chi connectivity index (χ0n) is 15.4. The minimum Gasteiger partial charge on any atom is -0.445 e. The Morgan fingerprint density at radius 1 is 1.16 bits per heavy atom. The minimum atomic E-state index is -0.459. The highest BCUT2D eigenvalue weighted by Crippen LogP contribution is 2.39. The number of rotatable bonds is 3. The molecule has 1 fully saturated rings. The fourth-order valence-electron chi connectivity index (χ4n) is 3.00. The Morgan fingerprint density at radius 3 is 2.44 bits per heavy atom. The predicted octanol–water partition coefficient (Wildman–Crippen LogP) is 3.59. The highest BCUT2D eigenvalue weighted by Gasteiger charge is 2.55. The van der Waals surface area contributed by atoms with Crippen molar-refractivity contribution in [2.24, 2.45) is 0 Å². The van der Waals surface area contributed by atoms with Gasteiger partial charge in [0.15, 0.2) is 0 Å². The summed E-state index contributed by atoms with van der Waals surface area (Å²) < 4.78 is 17.8. The molecule has 2 aliphatic heterocycles. The van der Waals surface area contributed by atoms with Gasteiger partial charge in [-0.15, -0.1) is 0 Å². The Kier molecular flexibility index (Phi) is 4.93. The first-order valence-corrected chi connectivity index (χ1v) is 8.78. The van der Waals surface area contributed by atoms with E-state index < -0.39 is 18.3 Å². The molecule has 134 valence electrons. The van der Waals surface area contributed by atoms with E-state index >= 15 is 0 Å². The number of amides is 1. The third kappa shape index (κ3) is 3.75. The Balaban J connectivity index is 1.67. The maximum Gasteiger partial charge on any atom is 0.482 e. The molecule has 1 atom stereocenters. The Bertz CT molecular complexity index is 628. The van der Waals surface area contributed by atoms with Crippen LogP contribution in [0.1, 0.15) is 39.7 Å². The van der Waals surface area contributed by atoms with Gasteiger partial charge < -0.3 is 18.9 Å². The van der Waals surface area contributed by atoms with Gasteiger partial charge in [0, 0.05) is 6.54 Å². The van der Waals surface area contributed by atoms with E-state index in [0.29, 0.717) is 13.0 Å². The van der Waals surface area contributed by atoms with Crippen molar-refractivity contribution in [1.29, 1.82) is 0 Å². The summed E-state index contributed by atoms with van der Waals surface area (Å²) in [5, 5.41) is 0. The van der Waals surface area contributed by atoms with Crippen molar-refractivity contribution in [1.82, 2.24) is 4.90 Å². The van der Waals surface area contributed by atoms with Crippen LogP contribution < -0.4 is 0 Å². The SMILES string of the molecule is CC1(C)OB(C2CC=CCN2C(=O)OCc2ccccc2)OC1(C)C. The topological polar surface area (TPSA) is 48.0 Å². The van der Waals surface area contributed by atoms with Crippen molar-refractivity contribution in [3.8, 4) is 0 Å². The molecule has 1 saturated heterocycles. The quantitative estimate of drug-likeness (QED) is 0.622. The number of carbonyl (C=O) groups excluding carboxylic acids is 1. The van der Waals surface area contributed by atoms with Crippen molar-refractivity contribution in [2.75, 3.05) is 6.54 Å². The van der Waals surface area contributed by atoms with E-state index in [1.807, 2.05) is 64.1 Å². The molecule has 5 nitrogen and oxygen atoms in total. The van der Waals surface area contributed by atoms with Crippen LogP contribution in [-0.2, 0) is 20.7 Å². The van der Waals surface area contributed by atoms with Gasteiger partial charge in [-0.3, -0.25) is 0 Å². The number of ether oxygens (including phenoxy) is 1. The summed E-state index contributed by atoms with van der Waals surface area (Å²) in [6, 6.07) is 9.68. The third-order valence-corrected chi connectivity index (χ3v) is 5.27. The molecule has 1 amide bonds. The first-order chi connectivity index (χ1) is 11.8. The second kappa shape index (κ2) is 6.85. The molecule has 2 aliphatic rings. The van der Waals surface area contributed by atoms with Crippen LogP contribution in [0.3, 0.4) is 0 Å². The van der Waals surface area contributed by atoms with Crippen molar-refractivity contribution >= 4 is 13.2 Å². The van der Waals surface area contributed by atoms with Gasteiger partial charge in [0.05, 0.1) is 17.1 Å². The molecule has 6 heteroatoms. The first-order valence-electron chi connectivity index (χ1n) is 8.78. The van der Waals surface area contributed by atoms with Gasteiger partial charge in [-0.1, -0.05) is 42.5 Å². The molecule has 0 radical (unpaired) electrons. The van der Waals surface area contributed by atoms with Crippen molar-refractivity contribution in [2.45, 2.75) is 57.9 Å². The van der Waals surface area contributed by atoms with Crippen LogP contribution >= 0.6 is 0 Å². The highest BCUT2D eigenvalue weighted by atomic mass is 16.7. The molecular weight excluding hydrogens is 317 g/mol. The predicted molar refractivity (Wildman–Crippen MR) is 97.0 cm³/mol. The monoisotopic (exact) mass is 343 g/mol. The summed E-state index contributed by atoms with van der Waals surface area (Å²) in [6.45, 7) is 8.83.